The number of alkyl halides is 3. The second-order valence-electron chi connectivity index (χ2n) is 7.08. The van der Waals surface area contributed by atoms with Crippen LogP contribution in [-0.2, 0) is 0 Å². The van der Waals surface area contributed by atoms with Crippen molar-refractivity contribution in [1.82, 2.24) is 9.97 Å². The predicted octanol–water partition coefficient (Wildman–Crippen LogP) is 7.07. The van der Waals surface area contributed by atoms with Crippen LogP contribution in [0.2, 0.25) is 0 Å². The molecule has 0 fully saturated rings. The summed E-state index contributed by atoms with van der Waals surface area (Å²) in [6.45, 7) is 6.00. The van der Waals surface area contributed by atoms with E-state index in [-0.39, 0.29) is 11.8 Å². The normalized spacial score (nSPS) is 12.4. The number of anilines is 3. The Bertz CT molecular complexity index is 1060. The average Bonchev–Trinajstić information content (AvgIpc) is 2.69. The van der Waals surface area contributed by atoms with Crippen molar-refractivity contribution in [1.29, 1.82) is 0 Å². The minimum Gasteiger partial charge on any atom is -0.406 e. The number of halogens is 4. The van der Waals surface area contributed by atoms with E-state index in [2.05, 4.69) is 41.3 Å². The Labute approximate surface area is 187 Å². The maximum atomic E-state index is 12.6. The molecule has 1 atom stereocenters. The van der Waals surface area contributed by atoms with Crippen LogP contribution in [0.15, 0.2) is 53.0 Å². The minimum atomic E-state index is -4.76. The molecule has 0 aliphatic carbocycles. The van der Waals surface area contributed by atoms with Gasteiger partial charge in [0, 0.05) is 27.8 Å². The lowest BCUT2D eigenvalue weighted by Gasteiger charge is -2.16. The van der Waals surface area contributed by atoms with Gasteiger partial charge in [-0.15, -0.1) is 13.2 Å². The highest BCUT2D eigenvalue weighted by Gasteiger charge is 2.31. The van der Waals surface area contributed by atoms with Crippen molar-refractivity contribution in [3.63, 3.8) is 0 Å². The molecule has 0 spiro atoms. The molecule has 0 radical (unpaired) electrons. The molecule has 1 aromatic heterocycles. The van der Waals surface area contributed by atoms with E-state index in [0.29, 0.717) is 23.0 Å². The Morgan fingerprint density at radius 1 is 1.10 bits per heavy atom. The van der Waals surface area contributed by atoms with Gasteiger partial charge in [0.15, 0.2) is 0 Å². The zero-order chi connectivity index (χ0) is 22.6. The number of benzene rings is 2. The zero-order valence-electron chi connectivity index (χ0n) is 17.2. The number of aromatic nitrogens is 2. The molecule has 1 heterocycles. The number of nitrogens with one attached hydrogen (secondary N) is 2. The number of aryl methyl sites for hydroxylation is 1. The lowest BCUT2D eigenvalue weighted by molar-refractivity contribution is -0.274. The Morgan fingerprint density at radius 3 is 2.55 bits per heavy atom. The molecule has 9 heteroatoms. The van der Waals surface area contributed by atoms with Crippen LogP contribution in [0.4, 0.5) is 30.6 Å². The van der Waals surface area contributed by atoms with Crippen LogP contribution in [0.3, 0.4) is 0 Å². The molecule has 164 valence electrons. The van der Waals surface area contributed by atoms with Crippen LogP contribution in [-0.4, -0.2) is 22.4 Å². The molecule has 2 aromatic carbocycles. The zero-order valence-corrected chi connectivity index (χ0v) is 18.8. The van der Waals surface area contributed by atoms with Crippen molar-refractivity contribution >= 4 is 33.4 Å². The summed E-state index contributed by atoms with van der Waals surface area (Å²) in [6, 6.07) is 13.3. The molecule has 31 heavy (non-hydrogen) atoms. The summed E-state index contributed by atoms with van der Waals surface area (Å²) in [5, 5.41) is 6.49. The third-order valence-electron chi connectivity index (χ3n) is 4.53. The fourth-order valence-electron chi connectivity index (χ4n) is 2.80. The summed E-state index contributed by atoms with van der Waals surface area (Å²) >= 11 is 3.44. The van der Waals surface area contributed by atoms with Gasteiger partial charge in [-0.05, 0) is 56.2 Å². The molecule has 0 saturated heterocycles. The number of nitrogens with zero attached hydrogens (tertiary/aromatic N) is 2. The summed E-state index contributed by atoms with van der Waals surface area (Å²) in [7, 11) is 0. The molecule has 5 nitrogen and oxygen atoms in total. The van der Waals surface area contributed by atoms with E-state index in [4.69, 9.17) is 0 Å². The fraction of sp³-hybridized carbons (Fsp3) is 0.273. The van der Waals surface area contributed by atoms with Crippen molar-refractivity contribution in [3.05, 3.63) is 58.6 Å². The molecule has 0 unspecified atom stereocenters. The average molecular weight is 495 g/mol. The van der Waals surface area contributed by atoms with Crippen molar-refractivity contribution in [2.45, 2.75) is 39.6 Å². The summed E-state index contributed by atoms with van der Waals surface area (Å²) in [6.07, 6.45) is -3.91. The van der Waals surface area contributed by atoms with Gasteiger partial charge in [-0.3, -0.25) is 0 Å². The number of rotatable bonds is 7. The van der Waals surface area contributed by atoms with Crippen LogP contribution in [0.1, 0.15) is 25.8 Å². The highest BCUT2D eigenvalue weighted by Crippen LogP contribution is 2.30. The van der Waals surface area contributed by atoms with Gasteiger partial charge in [0.25, 0.3) is 0 Å². The van der Waals surface area contributed by atoms with Gasteiger partial charge < -0.3 is 15.4 Å². The third kappa shape index (κ3) is 6.58. The molecule has 3 rings (SSSR count). The largest absolute Gasteiger partial charge is 0.573 e. The molecule has 0 amide bonds. The first-order chi connectivity index (χ1) is 14.6. The van der Waals surface area contributed by atoms with Gasteiger partial charge in [0.2, 0.25) is 5.95 Å². The van der Waals surface area contributed by atoms with E-state index in [1.165, 1.54) is 18.2 Å². The summed E-state index contributed by atoms with van der Waals surface area (Å²) in [5.41, 5.74) is 2.81. The molecule has 0 bridgehead atoms. The van der Waals surface area contributed by atoms with Gasteiger partial charge in [-0.1, -0.05) is 35.0 Å². The first-order valence-electron chi connectivity index (χ1n) is 9.68. The second kappa shape index (κ2) is 9.55. The Kier molecular flexibility index (Phi) is 7.04. The Morgan fingerprint density at radius 2 is 1.87 bits per heavy atom. The summed E-state index contributed by atoms with van der Waals surface area (Å²) in [5.74, 6) is 0.591. The molecule has 2 N–H and O–H groups in total. The second-order valence-corrected chi connectivity index (χ2v) is 7.99. The SMILES string of the molecule is CC[C@H](C)Nc1nc(Nc2ccc(Br)cc2C)cc(-c2cccc(OC(F)(F)F)c2)n1. The molecular weight excluding hydrogens is 473 g/mol. The van der Waals surface area contributed by atoms with E-state index in [9.17, 15) is 13.2 Å². The van der Waals surface area contributed by atoms with Gasteiger partial charge >= 0.3 is 6.36 Å². The van der Waals surface area contributed by atoms with Crippen LogP contribution in [0, 0.1) is 6.92 Å². The Hall–Kier alpha value is -2.81. The predicted molar refractivity (Wildman–Crippen MR) is 120 cm³/mol. The first kappa shape index (κ1) is 22.9. The third-order valence-corrected chi connectivity index (χ3v) is 5.02. The minimum absolute atomic E-state index is 0.123. The lowest BCUT2D eigenvalue weighted by Crippen LogP contribution is -2.17. The standard InChI is InChI=1S/C22H22BrF3N4O/c1-4-14(3)27-21-29-19(15-6-5-7-17(11-15)31-22(24,25)26)12-20(30-21)28-18-9-8-16(23)10-13(18)2/h5-12,14H,4H2,1-3H3,(H2,27,28,29,30)/t14-/m0/s1. The summed E-state index contributed by atoms with van der Waals surface area (Å²) < 4.78 is 42.9. The summed E-state index contributed by atoms with van der Waals surface area (Å²) in [4.78, 5) is 9.03. The fourth-order valence-corrected chi connectivity index (χ4v) is 3.28. The van der Waals surface area contributed by atoms with E-state index in [1.54, 1.807) is 12.1 Å². The smallest absolute Gasteiger partial charge is 0.406 e. The quantitative estimate of drug-likeness (QED) is 0.367. The van der Waals surface area contributed by atoms with Crippen LogP contribution >= 0.6 is 15.9 Å². The maximum absolute atomic E-state index is 12.6. The highest BCUT2D eigenvalue weighted by molar-refractivity contribution is 9.10. The maximum Gasteiger partial charge on any atom is 0.573 e. The monoisotopic (exact) mass is 494 g/mol. The number of hydrogen-bond acceptors (Lipinski definition) is 5. The number of ether oxygens (including phenoxy) is 1. The van der Waals surface area contributed by atoms with E-state index < -0.39 is 6.36 Å². The van der Waals surface area contributed by atoms with Crippen molar-refractivity contribution in [2.24, 2.45) is 0 Å². The van der Waals surface area contributed by atoms with Gasteiger partial charge in [-0.2, -0.15) is 4.98 Å². The number of hydrogen-bond donors (Lipinski definition) is 2. The molecular formula is C22H22BrF3N4O. The molecule has 0 aliphatic heterocycles. The van der Waals surface area contributed by atoms with Gasteiger partial charge in [0.1, 0.15) is 11.6 Å². The van der Waals surface area contributed by atoms with Crippen LogP contribution < -0.4 is 15.4 Å². The van der Waals surface area contributed by atoms with Crippen molar-refractivity contribution in [2.75, 3.05) is 10.6 Å². The topological polar surface area (TPSA) is 59.1 Å². The molecule has 0 saturated carbocycles. The van der Waals surface area contributed by atoms with E-state index in [1.807, 2.05) is 39.0 Å². The molecule has 0 aliphatic rings. The van der Waals surface area contributed by atoms with Gasteiger partial charge in [0.05, 0.1) is 5.69 Å². The molecule has 3 aromatic rings. The van der Waals surface area contributed by atoms with Crippen LogP contribution in [0.25, 0.3) is 11.3 Å². The lowest BCUT2D eigenvalue weighted by atomic mass is 10.1. The van der Waals surface area contributed by atoms with Crippen molar-refractivity contribution in [3.8, 4) is 17.0 Å². The van der Waals surface area contributed by atoms with Crippen molar-refractivity contribution < 1.29 is 17.9 Å². The highest BCUT2D eigenvalue weighted by atomic mass is 79.9. The van der Waals surface area contributed by atoms with Gasteiger partial charge in [-0.25, -0.2) is 4.98 Å². The Balaban J connectivity index is 2.00. The van der Waals surface area contributed by atoms with E-state index >= 15 is 0 Å². The van der Waals surface area contributed by atoms with E-state index in [0.717, 1.165) is 22.1 Å². The van der Waals surface area contributed by atoms with Crippen LogP contribution in [0.5, 0.6) is 5.75 Å². The first-order valence-corrected chi connectivity index (χ1v) is 10.5.